The first-order valence-corrected chi connectivity index (χ1v) is 5.93. The molecule has 0 fully saturated rings. The van der Waals surface area contributed by atoms with Crippen molar-refractivity contribution >= 4 is 16.9 Å². The fourth-order valence-electron chi connectivity index (χ4n) is 1.48. The Morgan fingerprint density at radius 1 is 1.50 bits per heavy atom. The molecule has 1 aromatic rings. The first kappa shape index (κ1) is 13.2. The Morgan fingerprint density at radius 2 is 2.12 bits per heavy atom. The third-order valence-corrected chi connectivity index (χ3v) is 3.22. The molecule has 1 aromatic heterocycles. The summed E-state index contributed by atoms with van der Waals surface area (Å²) in [6.07, 6.45) is -1.98. The molecule has 0 aliphatic carbocycles. The monoisotopic (exact) mass is 244 g/mol. The highest BCUT2D eigenvalue weighted by atomic mass is 32.2. The number of nitrogens with one attached hydrogen (secondary N) is 1. The van der Waals surface area contributed by atoms with E-state index in [-0.39, 0.29) is 10.9 Å². The number of H-pyrrole nitrogens is 1. The van der Waals surface area contributed by atoms with Gasteiger partial charge in [0.15, 0.2) is 5.12 Å². The van der Waals surface area contributed by atoms with E-state index in [1.54, 1.807) is 13.8 Å². The van der Waals surface area contributed by atoms with E-state index >= 15 is 0 Å². The molecule has 5 nitrogen and oxygen atoms in total. The lowest BCUT2D eigenvalue weighted by Crippen LogP contribution is -2.22. The number of carbonyl (C=O) groups excluding carboxylic acids is 1. The van der Waals surface area contributed by atoms with Crippen molar-refractivity contribution in [3.63, 3.8) is 0 Å². The van der Waals surface area contributed by atoms with Crippen LogP contribution in [0.25, 0.3) is 0 Å². The summed E-state index contributed by atoms with van der Waals surface area (Å²) in [5.41, 5.74) is 2.01. The topological polar surface area (TPSA) is 86.2 Å². The van der Waals surface area contributed by atoms with E-state index in [4.69, 9.17) is 0 Å². The van der Waals surface area contributed by atoms with Gasteiger partial charge < -0.3 is 10.2 Å². The summed E-state index contributed by atoms with van der Waals surface area (Å²) < 4.78 is 0. The van der Waals surface area contributed by atoms with Crippen LogP contribution in [0.2, 0.25) is 0 Å². The van der Waals surface area contributed by atoms with Gasteiger partial charge in [0.1, 0.15) is 6.10 Å². The second-order valence-corrected chi connectivity index (χ2v) is 4.86. The number of aliphatic hydroxyl groups is 2. The van der Waals surface area contributed by atoms with Crippen LogP contribution in [-0.2, 0) is 4.79 Å². The fourth-order valence-corrected chi connectivity index (χ4v) is 2.07. The van der Waals surface area contributed by atoms with Gasteiger partial charge in [0, 0.05) is 23.9 Å². The first-order chi connectivity index (χ1) is 7.43. The molecule has 1 rings (SSSR count). The van der Waals surface area contributed by atoms with Gasteiger partial charge in [-0.2, -0.15) is 5.10 Å². The van der Waals surface area contributed by atoms with Crippen LogP contribution < -0.4 is 0 Å². The van der Waals surface area contributed by atoms with Crippen molar-refractivity contribution in [3.05, 3.63) is 17.0 Å². The average molecular weight is 244 g/mol. The van der Waals surface area contributed by atoms with Gasteiger partial charge in [-0.1, -0.05) is 11.8 Å². The number of hydrogen-bond donors (Lipinski definition) is 3. The highest BCUT2D eigenvalue weighted by molar-refractivity contribution is 8.13. The van der Waals surface area contributed by atoms with Crippen molar-refractivity contribution in [1.82, 2.24) is 10.2 Å². The zero-order valence-electron chi connectivity index (χ0n) is 9.52. The van der Waals surface area contributed by atoms with E-state index in [2.05, 4.69) is 10.2 Å². The predicted molar refractivity (Wildman–Crippen MR) is 62.2 cm³/mol. The van der Waals surface area contributed by atoms with Gasteiger partial charge in [0.2, 0.25) is 0 Å². The molecule has 0 aromatic carbocycles. The van der Waals surface area contributed by atoms with Crippen LogP contribution in [0.3, 0.4) is 0 Å². The van der Waals surface area contributed by atoms with Crippen LogP contribution in [-0.4, -0.2) is 37.4 Å². The molecule has 0 spiro atoms. The molecule has 2 atom stereocenters. The number of thioether (sulfide) groups is 1. The van der Waals surface area contributed by atoms with Crippen molar-refractivity contribution in [1.29, 1.82) is 0 Å². The summed E-state index contributed by atoms with van der Waals surface area (Å²) >= 11 is 0.997. The van der Waals surface area contributed by atoms with Gasteiger partial charge in [-0.3, -0.25) is 9.89 Å². The molecule has 2 unspecified atom stereocenters. The number of rotatable bonds is 4. The average Bonchev–Trinajstić information content (AvgIpc) is 2.54. The summed E-state index contributed by atoms with van der Waals surface area (Å²) in [6, 6.07) is 0. The molecular formula is C10H16N2O3S. The maximum absolute atomic E-state index is 10.7. The molecule has 90 valence electrons. The number of aryl methyl sites for hydroxylation is 2. The molecule has 0 amide bonds. The molecule has 0 saturated heterocycles. The second-order valence-electron chi connectivity index (χ2n) is 3.66. The van der Waals surface area contributed by atoms with Crippen LogP contribution in [0, 0.1) is 13.8 Å². The smallest absolute Gasteiger partial charge is 0.185 e. The van der Waals surface area contributed by atoms with Crippen LogP contribution in [0.15, 0.2) is 0 Å². The highest BCUT2D eigenvalue weighted by Gasteiger charge is 2.24. The molecule has 0 saturated carbocycles. The summed E-state index contributed by atoms with van der Waals surface area (Å²) in [5, 5.41) is 26.3. The van der Waals surface area contributed by atoms with Crippen molar-refractivity contribution < 1.29 is 15.0 Å². The maximum Gasteiger partial charge on any atom is 0.185 e. The number of nitrogens with zero attached hydrogens (tertiary/aromatic N) is 1. The second kappa shape index (κ2) is 5.47. The van der Waals surface area contributed by atoms with Crippen molar-refractivity contribution in [2.45, 2.75) is 33.0 Å². The van der Waals surface area contributed by atoms with Crippen molar-refractivity contribution in [2.24, 2.45) is 0 Å². The Labute approximate surface area is 98.3 Å². The van der Waals surface area contributed by atoms with Gasteiger partial charge in [-0.15, -0.1) is 0 Å². The van der Waals surface area contributed by atoms with E-state index in [0.717, 1.165) is 17.5 Å². The summed E-state index contributed by atoms with van der Waals surface area (Å²) in [4.78, 5) is 10.7. The van der Waals surface area contributed by atoms with Gasteiger partial charge in [-0.25, -0.2) is 0 Å². The summed E-state index contributed by atoms with van der Waals surface area (Å²) in [7, 11) is 0. The number of hydrogen-bond acceptors (Lipinski definition) is 5. The van der Waals surface area contributed by atoms with Crippen LogP contribution in [0.5, 0.6) is 0 Å². The molecule has 1 heterocycles. The van der Waals surface area contributed by atoms with Crippen molar-refractivity contribution in [2.75, 3.05) is 5.75 Å². The van der Waals surface area contributed by atoms with Gasteiger partial charge in [-0.05, 0) is 13.8 Å². The molecule has 0 aliphatic heterocycles. The summed E-state index contributed by atoms with van der Waals surface area (Å²) in [6.45, 7) is 4.97. The normalized spacial score (nSPS) is 14.8. The minimum Gasteiger partial charge on any atom is -0.389 e. The van der Waals surface area contributed by atoms with Crippen LogP contribution in [0.4, 0.5) is 0 Å². The Balaban J connectivity index is 2.70. The number of aromatic nitrogens is 2. The molecule has 3 N–H and O–H groups in total. The van der Waals surface area contributed by atoms with Crippen molar-refractivity contribution in [3.8, 4) is 0 Å². The number of aliphatic hydroxyl groups excluding tert-OH is 2. The third kappa shape index (κ3) is 3.07. The van der Waals surface area contributed by atoms with Crippen LogP contribution in [0.1, 0.15) is 30.0 Å². The minimum atomic E-state index is -1.01. The lowest BCUT2D eigenvalue weighted by Gasteiger charge is -2.17. The number of aromatic amines is 1. The molecule has 0 aliphatic rings. The molecular weight excluding hydrogens is 228 g/mol. The number of carbonyl (C=O) groups is 1. The molecule has 6 heteroatoms. The molecule has 0 bridgehead atoms. The minimum absolute atomic E-state index is 0.0770. The molecule has 0 radical (unpaired) electrons. The van der Waals surface area contributed by atoms with Gasteiger partial charge in [0.05, 0.1) is 11.8 Å². The van der Waals surface area contributed by atoms with Crippen LogP contribution >= 0.6 is 11.8 Å². The first-order valence-electron chi connectivity index (χ1n) is 4.94. The SMILES string of the molecule is CC(=O)SCC(O)C(O)c1c(C)n[nH]c1C. The highest BCUT2D eigenvalue weighted by Crippen LogP contribution is 2.24. The van der Waals surface area contributed by atoms with E-state index in [1.807, 2.05) is 0 Å². The lowest BCUT2D eigenvalue weighted by molar-refractivity contribution is -0.109. The maximum atomic E-state index is 10.7. The largest absolute Gasteiger partial charge is 0.389 e. The zero-order valence-corrected chi connectivity index (χ0v) is 10.3. The fraction of sp³-hybridized carbons (Fsp3) is 0.600. The standard InChI is InChI=1S/C10H16N2O3S/c1-5-9(6(2)12-11-5)10(15)8(14)4-16-7(3)13/h8,10,14-15H,4H2,1-3H3,(H,11,12). The Kier molecular flexibility index (Phi) is 4.52. The lowest BCUT2D eigenvalue weighted by atomic mass is 10.0. The Bertz CT molecular complexity index is 359. The van der Waals surface area contributed by atoms with Gasteiger partial charge >= 0.3 is 0 Å². The van der Waals surface area contributed by atoms with E-state index < -0.39 is 12.2 Å². The predicted octanol–water partition coefficient (Wildman–Crippen LogP) is 0.701. The Morgan fingerprint density at radius 3 is 2.56 bits per heavy atom. The third-order valence-electron chi connectivity index (χ3n) is 2.30. The van der Waals surface area contributed by atoms with E-state index in [9.17, 15) is 15.0 Å². The van der Waals surface area contributed by atoms with Gasteiger partial charge in [0.25, 0.3) is 0 Å². The zero-order chi connectivity index (χ0) is 12.3. The van der Waals surface area contributed by atoms with E-state index in [0.29, 0.717) is 11.3 Å². The quantitative estimate of drug-likeness (QED) is 0.726. The summed E-state index contributed by atoms with van der Waals surface area (Å²) in [5.74, 6) is 0.181. The van der Waals surface area contributed by atoms with E-state index in [1.165, 1.54) is 6.92 Å². The molecule has 16 heavy (non-hydrogen) atoms. The Hall–Kier alpha value is -0.850.